The number of rotatable bonds is 2. The van der Waals surface area contributed by atoms with Crippen molar-refractivity contribution in [2.45, 2.75) is 19.4 Å². The van der Waals surface area contributed by atoms with Crippen LogP contribution in [0.1, 0.15) is 12.8 Å². The molecule has 0 bridgehead atoms. The molecule has 1 aromatic carbocycles. The van der Waals surface area contributed by atoms with Crippen LogP contribution in [0.4, 0.5) is 0 Å². The summed E-state index contributed by atoms with van der Waals surface area (Å²) in [5.74, 6) is 1.84. The molecule has 98 valence electrons. The Labute approximate surface area is 111 Å². The minimum atomic E-state index is 0.168. The lowest BCUT2D eigenvalue weighted by Crippen LogP contribution is -2.39. The SMILES string of the molecule is O=C(Cn1nnc2ccccc21)N1CCC2CC2C1. The van der Waals surface area contributed by atoms with Crippen LogP contribution >= 0.6 is 0 Å². The lowest BCUT2D eigenvalue weighted by atomic mass is 10.1. The zero-order valence-corrected chi connectivity index (χ0v) is 10.7. The Morgan fingerprint density at radius 1 is 1.32 bits per heavy atom. The van der Waals surface area contributed by atoms with Gasteiger partial charge in [-0.1, -0.05) is 17.3 Å². The molecule has 5 heteroatoms. The van der Waals surface area contributed by atoms with E-state index in [0.717, 1.165) is 36.0 Å². The van der Waals surface area contributed by atoms with Gasteiger partial charge in [0.15, 0.2) is 0 Å². The second-order valence-corrected chi connectivity index (χ2v) is 5.62. The van der Waals surface area contributed by atoms with Gasteiger partial charge in [0.2, 0.25) is 5.91 Å². The van der Waals surface area contributed by atoms with Crippen molar-refractivity contribution in [2.24, 2.45) is 11.8 Å². The molecule has 1 aliphatic carbocycles. The second kappa shape index (κ2) is 4.05. The van der Waals surface area contributed by atoms with Crippen molar-refractivity contribution in [1.82, 2.24) is 19.9 Å². The Hall–Kier alpha value is -1.91. The van der Waals surface area contributed by atoms with Gasteiger partial charge in [-0.05, 0) is 36.8 Å². The van der Waals surface area contributed by atoms with Crippen LogP contribution in [-0.2, 0) is 11.3 Å². The molecule has 1 saturated carbocycles. The second-order valence-electron chi connectivity index (χ2n) is 5.62. The fourth-order valence-corrected chi connectivity index (χ4v) is 3.07. The number of likely N-dealkylation sites (tertiary alicyclic amines) is 1. The number of para-hydroxylation sites is 1. The Morgan fingerprint density at radius 3 is 3.11 bits per heavy atom. The molecule has 2 unspecified atom stereocenters. The lowest BCUT2D eigenvalue weighted by Gasteiger charge is -2.26. The highest BCUT2D eigenvalue weighted by Crippen LogP contribution is 2.44. The molecular formula is C14H16N4O. The number of amides is 1. The van der Waals surface area contributed by atoms with E-state index in [9.17, 15) is 4.79 Å². The number of carbonyl (C=O) groups excluding carboxylic acids is 1. The summed E-state index contributed by atoms with van der Waals surface area (Å²) in [5.41, 5.74) is 1.77. The summed E-state index contributed by atoms with van der Waals surface area (Å²) in [7, 11) is 0. The molecule has 2 aromatic rings. The largest absolute Gasteiger partial charge is 0.341 e. The molecule has 2 aliphatic rings. The number of nitrogens with zero attached hydrogens (tertiary/aromatic N) is 4. The smallest absolute Gasteiger partial charge is 0.244 e. The van der Waals surface area contributed by atoms with E-state index in [0.29, 0.717) is 6.54 Å². The van der Waals surface area contributed by atoms with Crippen LogP contribution < -0.4 is 0 Å². The van der Waals surface area contributed by atoms with Gasteiger partial charge in [0.25, 0.3) is 0 Å². The molecule has 5 nitrogen and oxygen atoms in total. The van der Waals surface area contributed by atoms with E-state index in [1.54, 1.807) is 4.68 Å². The number of hydrogen-bond acceptors (Lipinski definition) is 3. The first kappa shape index (κ1) is 11.0. The van der Waals surface area contributed by atoms with E-state index in [1.165, 1.54) is 12.8 Å². The van der Waals surface area contributed by atoms with Crippen molar-refractivity contribution in [3.63, 3.8) is 0 Å². The minimum Gasteiger partial charge on any atom is -0.341 e. The van der Waals surface area contributed by atoms with Gasteiger partial charge < -0.3 is 4.90 Å². The molecule has 0 spiro atoms. The van der Waals surface area contributed by atoms with E-state index >= 15 is 0 Å². The van der Waals surface area contributed by atoms with Gasteiger partial charge >= 0.3 is 0 Å². The van der Waals surface area contributed by atoms with Crippen molar-refractivity contribution in [3.8, 4) is 0 Å². The number of benzene rings is 1. The van der Waals surface area contributed by atoms with Crippen molar-refractivity contribution in [1.29, 1.82) is 0 Å². The molecule has 1 aliphatic heterocycles. The standard InChI is InChI=1S/C14H16N4O/c19-14(17-6-5-10-7-11(10)8-17)9-18-13-4-2-1-3-12(13)15-16-18/h1-4,10-11H,5-9H2. The lowest BCUT2D eigenvalue weighted by molar-refractivity contribution is -0.133. The van der Waals surface area contributed by atoms with E-state index in [1.807, 2.05) is 29.2 Å². The number of fused-ring (bicyclic) bond motifs is 2. The predicted octanol–water partition coefficient (Wildman–Crippen LogP) is 1.30. The maximum Gasteiger partial charge on any atom is 0.244 e. The molecule has 2 heterocycles. The molecule has 1 aromatic heterocycles. The first-order chi connectivity index (χ1) is 9.31. The summed E-state index contributed by atoms with van der Waals surface area (Å²) in [4.78, 5) is 14.3. The average molecular weight is 256 g/mol. The highest BCUT2D eigenvalue weighted by molar-refractivity contribution is 5.80. The minimum absolute atomic E-state index is 0.168. The van der Waals surface area contributed by atoms with Crippen LogP contribution in [0.3, 0.4) is 0 Å². The topological polar surface area (TPSA) is 51.0 Å². The van der Waals surface area contributed by atoms with Crippen LogP contribution in [0.5, 0.6) is 0 Å². The van der Waals surface area contributed by atoms with Gasteiger partial charge in [-0.3, -0.25) is 4.79 Å². The normalized spacial score (nSPS) is 25.4. The highest BCUT2D eigenvalue weighted by atomic mass is 16.2. The van der Waals surface area contributed by atoms with Crippen molar-refractivity contribution >= 4 is 16.9 Å². The summed E-state index contributed by atoms with van der Waals surface area (Å²) in [6.45, 7) is 2.15. The van der Waals surface area contributed by atoms with Crippen molar-refractivity contribution in [3.05, 3.63) is 24.3 Å². The molecule has 2 fully saturated rings. The summed E-state index contributed by atoms with van der Waals surface area (Å²) in [6, 6.07) is 7.75. The maximum atomic E-state index is 12.3. The fourth-order valence-electron chi connectivity index (χ4n) is 3.07. The van der Waals surface area contributed by atoms with Gasteiger partial charge in [-0.15, -0.1) is 5.10 Å². The van der Waals surface area contributed by atoms with Crippen LogP contribution in [0.15, 0.2) is 24.3 Å². The van der Waals surface area contributed by atoms with Crippen LogP contribution in [0.2, 0.25) is 0 Å². The summed E-state index contributed by atoms with van der Waals surface area (Å²) >= 11 is 0. The monoisotopic (exact) mass is 256 g/mol. The third-order valence-corrected chi connectivity index (χ3v) is 4.35. The zero-order valence-electron chi connectivity index (χ0n) is 10.7. The molecule has 4 rings (SSSR count). The summed E-state index contributed by atoms with van der Waals surface area (Å²) in [6.07, 6.45) is 2.49. The number of piperidine rings is 1. The first-order valence-corrected chi connectivity index (χ1v) is 6.87. The van der Waals surface area contributed by atoms with Gasteiger partial charge in [0.1, 0.15) is 12.1 Å². The Balaban J connectivity index is 1.52. The molecule has 1 saturated heterocycles. The third-order valence-electron chi connectivity index (χ3n) is 4.35. The van der Waals surface area contributed by atoms with Gasteiger partial charge in [0, 0.05) is 13.1 Å². The fraction of sp³-hybridized carbons (Fsp3) is 0.500. The summed E-state index contributed by atoms with van der Waals surface area (Å²) in [5, 5.41) is 8.16. The molecule has 2 atom stereocenters. The van der Waals surface area contributed by atoms with Crippen molar-refractivity contribution < 1.29 is 4.79 Å². The first-order valence-electron chi connectivity index (χ1n) is 6.87. The molecule has 1 amide bonds. The van der Waals surface area contributed by atoms with E-state index in [-0.39, 0.29) is 5.91 Å². The van der Waals surface area contributed by atoms with Crippen LogP contribution in [0, 0.1) is 11.8 Å². The predicted molar refractivity (Wildman–Crippen MR) is 70.3 cm³/mol. The molecule has 0 N–H and O–H groups in total. The Kier molecular flexibility index (Phi) is 2.33. The summed E-state index contributed by atoms with van der Waals surface area (Å²) < 4.78 is 1.71. The van der Waals surface area contributed by atoms with Gasteiger partial charge in [-0.25, -0.2) is 4.68 Å². The van der Waals surface area contributed by atoms with Crippen LogP contribution in [-0.4, -0.2) is 38.9 Å². The van der Waals surface area contributed by atoms with Gasteiger partial charge in [0.05, 0.1) is 5.52 Å². The maximum absolute atomic E-state index is 12.3. The average Bonchev–Trinajstić information content (AvgIpc) is 3.12. The Morgan fingerprint density at radius 2 is 2.21 bits per heavy atom. The number of aromatic nitrogens is 3. The molecule has 19 heavy (non-hydrogen) atoms. The number of carbonyl (C=O) groups is 1. The molecule has 0 radical (unpaired) electrons. The van der Waals surface area contributed by atoms with Gasteiger partial charge in [-0.2, -0.15) is 0 Å². The van der Waals surface area contributed by atoms with E-state index < -0.39 is 0 Å². The van der Waals surface area contributed by atoms with Crippen LogP contribution in [0.25, 0.3) is 11.0 Å². The quantitative estimate of drug-likeness (QED) is 0.813. The van der Waals surface area contributed by atoms with Crippen molar-refractivity contribution in [2.75, 3.05) is 13.1 Å². The van der Waals surface area contributed by atoms with E-state index in [2.05, 4.69) is 10.3 Å². The zero-order chi connectivity index (χ0) is 12.8. The third kappa shape index (κ3) is 1.89. The highest BCUT2D eigenvalue weighted by Gasteiger charge is 2.42. The van der Waals surface area contributed by atoms with E-state index in [4.69, 9.17) is 0 Å². The number of hydrogen-bond donors (Lipinski definition) is 0. The Bertz CT molecular complexity index is 635. The molecular weight excluding hydrogens is 240 g/mol.